The lowest BCUT2D eigenvalue weighted by atomic mass is 9.68. The van der Waals surface area contributed by atoms with Crippen molar-refractivity contribution in [3.63, 3.8) is 0 Å². The van der Waals surface area contributed by atoms with E-state index in [0.29, 0.717) is 19.5 Å². The predicted molar refractivity (Wildman–Crippen MR) is 203 cm³/mol. The van der Waals surface area contributed by atoms with Gasteiger partial charge in [0.25, 0.3) is 5.69 Å². The molecule has 0 radical (unpaired) electrons. The summed E-state index contributed by atoms with van der Waals surface area (Å²) in [4.78, 5) is 42.8. The van der Waals surface area contributed by atoms with Gasteiger partial charge < -0.3 is 20.0 Å². The summed E-state index contributed by atoms with van der Waals surface area (Å²) in [5.74, 6) is -0.443. The molecule has 0 aromatic heterocycles. The molecule has 2 heterocycles. The van der Waals surface area contributed by atoms with Crippen molar-refractivity contribution in [3.05, 3.63) is 135 Å². The van der Waals surface area contributed by atoms with E-state index in [9.17, 15) is 19.7 Å². The number of likely N-dealkylation sites (tertiary alicyclic amines) is 1. The summed E-state index contributed by atoms with van der Waals surface area (Å²) in [5.41, 5.74) is 7.04. The van der Waals surface area contributed by atoms with Crippen LogP contribution >= 0.6 is 0 Å². The van der Waals surface area contributed by atoms with Crippen LogP contribution in [0.5, 0.6) is 0 Å². The highest BCUT2D eigenvalue weighted by Gasteiger charge is 2.39. The average Bonchev–Trinajstić information content (AvgIpc) is 3.18. The summed E-state index contributed by atoms with van der Waals surface area (Å²) in [5, 5.41) is 15.2. The molecule has 3 aromatic carbocycles. The number of likely N-dealkylation sites (N-methyl/N-ethyl adjacent to an activating group) is 1. The Morgan fingerprint density at radius 1 is 0.804 bits per heavy atom. The number of unbranched alkanes of at least 4 members (excludes halogenated alkanes) is 2. The molecule has 1 atom stereocenters. The van der Waals surface area contributed by atoms with Gasteiger partial charge in [0.2, 0.25) is 12.8 Å². The first-order valence-electron chi connectivity index (χ1n) is 18.6. The minimum Gasteiger partial charge on any atom is -0.359 e. The first kappa shape index (κ1) is 37.5. The molecule has 1 fully saturated rings. The van der Waals surface area contributed by atoms with Crippen molar-refractivity contribution in [3.8, 4) is 0 Å². The Kier molecular flexibility index (Phi) is 13.2. The highest BCUT2D eigenvalue weighted by molar-refractivity contribution is 5.61. The molecule has 0 bridgehead atoms. The maximum atomic E-state index is 13.1. The van der Waals surface area contributed by atoms with E-state index >= 15 is 0 Å². The molecule has 2 aliphatic rings. The second-order valence-electron chi connectivity index (χ2n) is 13.6. The monoisotopic (exact) mass is 691 g/mol. The molecule has 51 heavy (non-hydrogen) atoms. The number of nitro benzene ring substituents is 1. The van der Waals surface area contributed by atoms with Crippen LogP contribution in [0.25, 0.3) is 0 Å². The van der Waals surface area contributed by atoms with Crippen LogP contribution in [-0.4, -0.2) is 65.2 Å². The van der Waals surface area contributed by atoms with E-state index in [2.05, 4.69) is 84.7 Å². The molecule has 5 rings (SSSR count). The zero-order valence-electron chi connectivity index (χ0n) is 30.4. The molecule has 1 N–H and O–H groups in total. The van der Waals surface area contributed by atoms with E-state index < -0.39 is 10.8 Å². The third-order valence-corrected chi connectivity index (χ3v) is 10.7. The van der Waals surface area contributed by atoms with Crippen LogP contribution in [0.15, 0.2) is 108 Å². The number of nitro groups is 1. The third kappa shape index (κ3) is 8.42. The van der Waals surface area contributed by atoms with Crippen molar-refractivity contribution >= 4 is 18.5 Å². The SMILES string of the molecule is CCCCCC1=C(N(C=O)CCCN2CCC(c3ccccc3)(c3ccccc3)CC2)C(c2ccc([N+](=O)[O-])cc2)C(N(C=O)CC)=C(CC)N1. The Morgan fingerprint density at radius 3 is 1.90 bits per heavy atom. The quantitative estimate of drug-likeness (QED) is 0.0627. The summed E-state index contributed by atoms with van der Waals surface area (Å²) < 4.78 is 0. The highest BCUT2D eigenvalue weighted by Crippen LogP contribution is 2.44. The molecule has 1 saturated heterocycles. The topological polar surface area (TPSA) is 99.0 Å². The lowest BCUT2D eigenvalue weighted by Gasteiger charge is -2.43. The number of carbonyl (C=O) groups excluding carboxylic acids is 2. The Morgan fingerprint density at radius 2 is 1.39 bits per heavy atom. The number of amides is 2. The first-order valence-corrected chi connectivity index (χ1v) is 18.6. The van der Waals surface area contributed by atoms with Crippen LogP contribution in [0, 0.1) is 10.1 Å². The third-order valence-electron chi connectivity index (χ3n) is 10.7. The van der Waals surface area contributed by atoms with Gasteiger partial charge >= 0.3 is 0 Å². The lowest BCUT2D eigenvalue weighted by Crippen LogP contribution is -2.44. The van der Waals surface area contributed by atoms with Crippen molar-refractivity contribution < 1.29 is 14.5 Å². The Bertz CT molecular complexity index is 1620. The van der Waals surface area contributed by atoms with Gasteiger partial charge in [-0.25, -0.2) is 0 Å². The molecular weight excluding hydrogens is 638 g/mol. The van der Waals surface area contributed by atoms with Crippen LogP contribution in [0.1, 0.15) is 94.7 Å². The van der Waals surface area contributed by atoms with E-state index in [-0.39, 0.29) is 11.1 Å². The molecule has 2 aliphatic heterocycles. The Labute approximate surface area is 303 Å². The number of allylic oxidation sites excluding steroid dienone is 2. The number of nitrogens with one attached hydrogen (secondary N) is 1. The summed E-state index contributed by atoms with van der Waals surface area (Å²) in [7, 11) is 0. The molecule has 0 spiro atoms. The number of non-ortho nitro benzene ring substituents is 1. The Hall–Kier alpha value is -4.76. The fraction of sp³-hybridized carbons (Fsp3) is 0.429. The van der Waals surface area contributed by atoms with Crippen LogP contribution < -0.4 is 5.32 Å². The standard InChI is InChI=1S/C42H53N5O4/c1-4-7-10-20-38-41(39(33-21-23-36(24-22-33)47(50)51)40(37(5-2)43-38)45(6-3)31-48)46(32-49)28-15-27-44-29-25-42(26-30-44,34-16-11-8-12-17-34)35-18-13-9-14-19-35/h8-9,11-14,16-19,21-24,31-32,39,43H,4-7,10,15,20,25-30H2,1-3H3. The summed E-state index contributed by atoms with van der Waals surface area (Å²) in [6.07, 6.45) is 9.08. The van der Waals surface area contributed by atoms with Crippen LogP contribution in [0.3, 0.4) is 0 Å². The molecule has 9 heteroatoms. The largest absolute Gasteiger partial charge is 0.359 e. The lowest BCUT2D eigenvalue weighted by molar-refractivity contribution is -0.384. The van der Waals surface area contributed by atoms with Gasteiger partial charge in [-0.15, -0.1) is 0 Å². The van der Waals surface area contributed by atoms with Crippen molar-refractivity contribution in [2.75, 3.05) is 32.7 Å². The zero-order valence-corrected chi connectivity index (χ0v) is 30.4. The smallest absolute Gasteiger partial charge is 0.269 e. The van der Waals surface area contributed by atoms with Crippen LogP contribution in [-0.2, 0) is 15.0 Å². The van der Waals surface area contributed by atoms with Gasteiger partial charge in [-0.1, -0.05) is 99.5 Å². The minimum absolute atomic E-state index is 0.00249. The molecule has 2 amide bonds. The van der Waals surface area contributed by atoms with Gasteiger partial charge in [-0.3, -0.25) is 19.7 Å². The fourth-order valence-corrected chi connectivity index (χ4v) is 8.00. The number of dihydropyridines is 1. The zero-order chi connectivity index (χ0) is 36.2. The molecular formula is C42H53N5O4. The van der Waals surface area contributed by atoms with Gasteiger partial charge in [-0.05, 0) is 81.8 Å². The second-order valence-corrected chi connectivity index (χ2v) is 13.6. The van der Waals surface area contributed by atoms with Gasteiger partial charge in [0.15, 0.2) is 0 Å². The Balaban J connectivity index is 1.41. The number of hydrogen-bond acceptors (Lipinski definition) is 6. The summed E-state index contributed by atoms with van der Waals surface area (Å²) in [6, 6.07) is 28.3. The molecule has 1 unspecified atom stereocenters. The van der Waals surface area contributed by atoms with Gasteiger partial charge in [0.05, 0.1) is 22.2 Å². The maximum Gasteiger partial charge on any atom is 0.269 e. The van der Waals surface area contributed by atoms with E-state index in [4.69, 9.17) is 0 Å². The molecule has 0 aliphatic carbocycles. The molecule has 270 valence electrons. The van der Waals surface area contributed by atoms with Crippen molar-refractivity contribution in [1.29, 1.82) is 0 Å². The maximum absolute atomic E-state index is 13.1. The second kappa shape index (κ2) is 17.9. The van der Waals surface area contributed by atoms with E-state index in [1.165, 1.54) is 23.3 Å². The molecule has 0 saturated carbocycles. The van der Waals surface area contributed by atoms with E-state index in [0.717, 1.165) is 106 Å². The average molecular weight is 692 g/mol. The molecule has 9 nitrogen and oxygen atoms in total. The number of piperidine rings is 1. The highest BCUT2D eigenvalue weighted by atomic mass is 16.6. The van der Waals surface area contributed by atoms with Gasteiger partial charge in [0, 0.05) is 42.0 Å². The van der Waals surface area contributed by atoms with Crippen LogP contribution in [0.4, 0.5) is 5.69 Å². The van der Waals surface area contributed by atoms with Crippen LogP contribution in [0.2, 0.25) is 0 Å². The number of hydrogen-bond donors (Lipinski definition) is 1. The van der Waals surface area contributed by atoms with Crippen molar-refractivity contribution in [2.24, 2.45) is 0 Å². The number of carbonyl (C=O) groups is 2. The first-order chi connectivity index (χ1) is 24.9. The van der Waals surface area contributed by atoms with Crippen molar-refractivity contribution in [2.45, 2.75) is 83.5 Å². The summed E-state index contributed by atoms with van der Waals surface area (Å²) in [6.45, 7) is 9.91. The number of nitrogens with zero attached hydrogens (tertiary/aromatic N) is 4. The van der Waals surface area contributed by atoms with Gasteiger partial charge in [0.1, 0.15) is 0 Å². The summed E-state index contributed by atoms with van der Waals surface area (Å²) >= 11 is 0. The van der Waals surface area contributed by atoms with E-state index in [1.807, 2.05) is 11.8 Å². The minimum atomic E-state index is -0.443. The van der Waals surface area contributed by atoms with Gasteiger partial charge in [-0.2, -0.15) is 0 Å². The van der Waals surface area contributed by atoms with Crippen molar-refractivity contribution in [1.82, 2.24) is 20.0 Å². The number of benzene rings is 3. The molecule has 3 aromatic rings. The van der Waals surface area contributed by atoms with E-state index in [1.54, 1.807) is 17.0 Å². The fourth-order valence-electron chi connectivity index (χ4n) is 8.00. The number of rotatable bonds is 18. The normalized spacial score (nSPS) is 17.5. The predicted octanol–water partition coefficient (Wildman–Crippen LogP) is 8.10.